The Morgan fingerprint density at radius 1 is 0.833 bits per heavy atom. The predicted molar refractivity (Wildman–Crippen MR) is 91.8 cm³/mol. The van der Waals surface area contributed by atoms with Crippen molar-refractivity contribution in [3.8, 4) is 0 Å². The van der Waals surface area contributed by atoms with Crippen LogP contribution in [0.1, 0.15) is 32.6 Å². The van der Waals surface area contributed by atoms with Crippen molar-refractivity contribution < 1.29 is 37.8 Å². The molecule has 0 aliphatic rings. The van der Waals surface area contributed by atoms with Crippen molar-refractivity contribution in [2.75, 3.05) is 36.2 Å². The van der Waals surface area contributed by atoms with Gasteiger partial charge < -0.3 is 0 Å². The number of hydrogen-bond donors (Lipinski definition) is 0. The van der Waals surface area contributed by atoms with Gasteiger partial charge in [-0.1, -0.05) is 13.3 Å². The van der Waals surface area contributed by atoms with Crippen molar-refractivity contribution in [1.29, 1.82) is 0 Å². The van der Waals surface area contributed by atoms with Gasteiger partial charge in [-0.25, -0.2) is 4.21 Å². The molecule has 13 heteroatoms. The second-order valence-corrected chi connectivity index (χ2v) is 10.7. The van der Waals surface area contributed by atoms with Gasteiger partial charge in [0.1, 0.15) is 5.94 Å². The lowest BCUT2D eigenvalue weighted by atomic mass is 10.3. The normalized spacial score (nSPS) is 15.2. The molecule has 0 aromatic carbocycles. The van der Waals surface area contributed by atoms with Gasteiger partial charge >= 0.3 is 0 Å². The molecule has 2 unspecified atom stereocenters. The highest BCUT2D eigenvalue weighted by Crippen LogP contribution is 2.06. The zero-order valence-corrected chi connectivity index (χ0v) is 16.9. The van der Waals surface area contributed by atoms with E-state index in [1.165, 1.54) is 6.26 Å². The Morgan fingerprint density at radius 3 is 1.79 bits per heavy atom. The summed E-state index contributed by atoms with van der Waals surface area (Å²) in [6.45, 7) is 2.07. The number of rotatable bonds is 15. The first-order valence-electron chi connectivity index (χ1n) is 7.14. The van der Waals surface area contributed by atoms with Crippen LogP contribution in [0.4, 0.5) is 0 Å². The summed E-state index contributed by atoms with van der Waals surface area (Å²) in [5, 5.41) is 0. The molecule has 146 valence electrons. The topological polar surface area (TPSA) is 130 Å². The third kappa shape index (κ3) is 14.4. The zero-order chi connectivity index (χ0) is 18.6. The average Bonchev–Trinajstić information content (AvgIpc) is 2.48. The van der Waals surface area contributed by atoms with Crippen LogP contribution < -0.4 is 0 Å². The molecule has 9 nitrogen and oxygen atoms in total. The molecule has 0 rings (SSSR count). The molecule has 0 bridgehead atoms. The van der Waals surface area contributed by atoms with Gasteiger partial charge in [0.05, 0.1) is 18.1 Å². The van der Waals surface area contributed by atoms with E-state index in [1.54, 1.807) is 0 Å². The first kappa shape index (κ1) is 24.1. The second-order valence-electron chi connectivity index (χ2n) is 4.75. The molecule has 0 aromatic heterocycles. The molecule has 0 aliphatic carbocycles. The van der Waals surface area contributed by atoms with Gasteiger partial charge in [-0.05, 0) is 19.3 Å². The van der Waals surface area contributed by atoms with Gasteiger partial charge in [0.25, 0.3) is 20.2 Å². The maximum absolute atomic E-state index is 11.6. The highest BCUT2D eigenvalue weighted by Gasteiger charge is 2.15. The van der Waals surface area contributed by atoms with Crippen molar-refractivity contribution in [3.05, 3.63) is 0 Å². The summed E-state index contributed by atoms with van der Waals surface area (Å²) in [5.74, 6) is -1.53. The lowest BCUT2D eigenvalue weighted by Crippen LogP contribution is -2.16. The van der Waals surface area contributed by atoms with Crippen LogP contribution in [0.15, 0.2) is 0 Å². The van der Waals surface area contributed by atoms with Gasteiger partial charge in [0.15, 0.2) is 17.0 Å². The van der Waals surface area contributed by atoms with Crippen LogP contribution in [0.5, 0.6) is 0 Å². The van der Waals surface area contributed by atoms with Crippen molar-refractivity contribution in [1.82, 2.24) is 0 Å². The Labute approximate surface area is 148 Å². The third-order valence-electron chi connectivity index (χ3n) is 2.43. The smallest absolute Gasteiger partial charge is 0.268 e. The summed E-state index contributed by atoms with van der Waals surface area (Å²) < 4.78 is 81.8. The quantitative estimate of drug-likeness (QED) is 0.266. The van der Waals surface area contributed by atoms with E-state index in [2.05, 4.69) is 8.37 Å². The van der Waals surface area contributed by atoms with E-state index in [0.717, 1.165) is 0 Å². The highest BCUT2D eigenvalue weighted by atomic mass is 32.2. The molecule has 0 fully saturated rings. The van der Waals surface area contributed by atoms with Gasteiger partial charge in [0.2, 0.25) is 0 Å². The van der Waals surface area contributed by atoms with Crippen molar-refractivity contribution >= 4 is 42.1 Å². The largest absolute Gasteiger partial charge is 0.289 e. The average molecular weight is 429 g/mol. The number of hydrogen-bond acceptors (Lipinski definition) is 9. The first-order chi connectivity index (χ1) is 11.1. The minimum Gasteiger partial charge on any atom is -0.289 e. The summed E-state index contributed by atoms with van der Waals surface area (Å²) in [5.41, 5.74) is 0. The molecular formula is C11H24O9S4. The monoisotopic (exact) mass is 428 g/mol. The molecule has 0 spiro atoms. The van der Waals surface area contributed by atoms with Crippen LogP contribution in [-0.2, 0) is 54.7 Å². The Kier molecular flexibility index (Phi) is 12.5. The molecule has 0 aromatic rings. The lowest BCUT2D eigenvalue weighted by Gasteiger charge is -2.06. The SMILES string of the molecule is CCCOS(=O)COS(=O)(=O)CCCCCS(=O)(=O)OCS(C)=O. The van der Waals surface area contributed by atoms with Gasteiger partial charge in [-0.15, -0.1) is 0 Å². The molecule has 2 atom stereocenters. The van der Waals surface area contributed by atoms with E-state index >= 15 is 0 Å². The Hall–Kier alpha value is 0.0800. The van der Waals surface area contributed by atoms with Gasteiger partial charge in [0, 0.05) is 17.1 Å². The molecule has 0 aliphatic heterocycles. The van der Waals surface area contributed by atoms with Crippen molar-refractivity contribution in [2.45, 2.75) is 32.6 Å². The minimum atomic E-state index is -3.83. The fraction of sp³-hybridized carbons (Fsp3) is 1.00. The Morgan fingerprint density at radius 2 is 1.33 bits per heavy atom. The summed E-state index contributed by atoms with van der Waals surface area (Å²) in [7, 11) is -8.96. The van der Waals surface area contributed by atoms with Crippen LogP contribution in [0.2, 0.25) is 0 Å². The zero-order valence-electron chi connectivity index (χ0n) is 13.7. The Balaban J connectivity index is 3.93. The lowest BCUT2D eigenvalue weighted by molar-refractivity contribution is 0.314. The maximum Gasteiger partial charge on any atom is 0.268 e. The van der Waals surface area contributed by atoms with E-state index < -0.39 is 48.1 Å². The summed E-state index contributed by atoms with van der Waals surface area (Å²) in [6, 6.07) is 0. The molecule has 0 saturated carbocycles. The van der Waals surface area contributed by atoms with Crippen LogP contribution in [0.25, 0.3) is 0 Å². The maximum atomic E-state index is 11.6. The van der Waals surface area contributed by atoms with E-state index in [1.807, 2.05) is 6.92 Å². The predicted octanol–water partition coefficient (Wildman–Crippen LogP) is 0.233. The standard InChI is InChI=1S/C11H24O9S4/c1-3-7-18-22(13)11-20-24(16,17)9-6-4-5-8-23(14,15)19-10-21(2)12/h3-11H2,1-2H3. The van der Waals surface area contributed by atoms with E-state index in [9.17, 15) is 25.3 Å². The van der Waals surface area contributed by atoms with Crippen LogP contribution in [-0.4, -0.2) is 61.5 Å². The molecule has 0 N–H and O–H groups in total. The molecule has 24 heavy (non-hydrogen) atoms. The summed E-state index contributed by atoms with van der Waals surface area (Å²) >= 11 is -1.82. The van der Waals surface area contributed by atoms with E-state index in [-0.39, 0.29) is 36.9 Å². The molecule has 0 heterocycles. The minimum absolute atomic E-state index is 0.194. The van der Waals surface area contributed by atoms with Crippen molar-refractivity contribution in [3.63, 3.8) is 0 Å². The second kappa shape index (κ2) is 12.4. The third-order valence-corrected chi connectivity index (χ3v) is 6.44. The fourth-order valence-electron chi connectivity index (χ4n) is 1.32. The Bertz CT molecular complexity index is 597. The molecule has 0 radical (unpaired) electrons. The van der Waals surface area contributed by atoms with Crippen LogP contribution in [0, 0.1) is 0 Å². The summed E-state index contributed by atoms with van der Waals surface area (Å²) in [6.07, 6.45) is 2.70. The molecule has 0 amide bonds. The fourth-order valence-corrected chi connectivity index (χ4v) is 5.12. The van der Waals surface area contributed by atoms with Crippen LogP contribution >= 0.6 is 0 Å². The summed E-state index contributed by atoms with van der Waals surface area (Å²) in [4.78, 5) is 0. The highest BCUT2D eigenvalue weighted by molar-refractivity contribution is 7.88. The van der Waals surface area contributed by atoms with E-state index in [0.29, 0.717) is 12.8 Å². The van der Waals surface area contributed by atoms with Gasteiger partial charge in [-0.2, -0.15) is 16.8 Å². The van der Waals surface area contributed by atoms with E-state index in [4.69, 9.17) is 4.18 Å². The molecular weight excluding hydrogens is 404 g/mol. The van der Waals surface area contributed by atoms with Crippen molar-refractivity contribution in [2.24, 2.45) is 0 Å². The van der Waals surface area contributed by atoms with Crippen LogP contribution in [0.3, 0.4) is 0 Å². The first-order valence-corrected chi connectivity index (χ1v) is 13.3. The molecule has 0 saturated heterocycles. The number of unbranched alkanes of at least 4 members (excludes halogenated alkanes) is 2. The van der Waals surface area contributed by atoms with Gasteiger partial charge in [-0.3, -0.25) is 16.8 Å².